The topological polar surface area (TPSA) is 94.0 Å². The van der Waals surface area contributed by atoms with E-state index in [4.69, 9.17) is 10.2 Å². The molecule has 0 saturated carbocycles. The summed E-state index contributed by atoms with van der Waals surface area (Å²) in [6.45, 7) is 0.300. The molecule has 0 aliphatic carbocycles. The van der Waals surface area contributed by atoms with Crippen LogP contribution in [0.15, 0.2) is 22.8 Å². The summed E-state index contributed by atoms with van der Waals surface area (Å²) in [5.74, 6) is -0.0127. The highest BCUT2D eigenvalue weighted by Gasteiger charge is 2.09. The van der Waals surface area contributed by atoms with E-state index in [0.717, 1.165) is 0 Å². The first kappa shape index (κ1) is 9.66. The van der Waals surface area contributed by atoms with Gasteiger partial charge in [-0.25, -0.2) is 0 Å². The molecule has 15 heavy (non-hydrogen) atoms. The van der Waals surface area contributed by atoms with E-state index in [2.05, 4.69) is 15.5 Å². The molecule has 3 N–H and O–H groups in total. The average Bonchev–Trinajstić information content (AvgIpc) is 2.84. The van der Waals surface area contributed by atoms with E-state index in [1.807, 2.05) is 0 Å². The molecule has 0 fully saturated rings. The Morgan fingerprint density at radius 3 is 3.07 bits per heavy atom. The Hall–Kier alpha value is -1.89. The standard InChI is InChI=1S/C8H8N4O2S/c9-8-12-11-6(15-8)4-10-7(13)5-2-1-3-14-5/h1-3H,4H2,(H2,9,12)(H,10,13). The van der Waals surface area contributed by atoms with Crippen LogP contribution in [0, 0.1) is 0 Å². The highest BCUT2D eigenvalue weighted by Crippen LogP contribution is 2.10. The lowest BCUT2D eigenvalue weighted by molar-refractivity contribution is 0.0923. The van der Waals surface area contributed by atoms with Crippen molar-refractivity contribution in [2.24, 2.45) is 0 Å². The Bertz CT molecular complexity index is 451. The summed E-state index contributed by atoms with van der Waals surface area (Å²) in [6.07, 6.45) is 1.44. The molecule has 6 nitrogen and oxygen atoms in total. The molecule has 1 amide bonds. The minimum Gasteiger partial charge on any atom is -0.459 e. The molecule has 0 aromatic carbocycles. The van der Waals surface area contributed by atoms with Crippen molar-refractivity contribution in [3.05, 3.63) is 29.2 Å². The first-order valence-corrected chi connectivity index (χ1v) is 4.97. The van der Waals surface area contributed by atoms with E-state index in [1.165, 1.54) is 17.6 Å². The minimum atomic E-state index is -0.284. The van der Waals surface area contributed by atoms with Gasteiger partial charge < -0.3 is 15.5 Å². The Kier molecular flexibility index (Phi) is 2.64. The second kappa shape index (κ2) is 4.09. The number of nitrogen functional groups attached to an aromatic ring is 1. The van der Waals surface area contributed by atoms with Gasteiger partial charge in [0.05, 0.1) is 12.8 Å². The molecular formula is C8H8N4O2S. The van der Waals surface area contributed by atoms with Gasteiger partial charge in [0.25, 0.3) is 5.91 Å². The number of nitrogens with two attached hydrogens (primary N) is 1. The smallest absolute Gasteiger partial charge is 0.287 e. The maximum Gasteiger partial charge on any atom is 0.287 e. The molecule has 2 heterocycles. The summed E-state index contributed by atoms with van der Waals surface area (Å²) < 4.78 is 4.92. The zero-order valence-corrected chi connectivity index (χ0v) is 8.45. The van der Waals surface area contributed by atoms with Gasteiger partial charge in [-0.2, -0.15) is 0 Å². The summed E-state index contributed by atoms with van der Waals surface area (Å²) >= 11 is 1.24. The lowest BCUT2D eigenvalue weighted by Gasteiger charge is -1.98. The van der Waals surface area contributed by atoms with Crippen LogP contribution in [0.1, 0.15) is 15.6 Å². The van der Waals surface area contributed by atoms with Crippen LogP contribution in [0.25, 0.3) is 0 Å². The Balaban J connectivity index is 1.91. The fourth-order valence-corrected chi connectivity index (χ4v) is 1.54. The third-order valence-corrected chi connectivity index (χ3v) is 2.38. The van der Waals surface area contributed by atoms with E-state index in [-0.39, 0.29) is 11.7 Å². The maximum atomic E-state index is 11.4. The first-order chi connectivity index (χ1) is 7.25. The van der Waals surface area contributed by atoms with E-state index in [9.17, 15) is 4.79 Å². The molecule has 2 rings (SSSR count). The molecule has 0 aliphatic heterocycles. The molecule has 0 aliphatic rings. The Labute approximate surface area is 89.1 Å². The maximum absolute atomic E-state index is 11.4. The van der Waals surface area contributed by atoms with Crippen LogP contribution in [-0.2, 0) is 6.54 Å². The fraction of sp³-hybridized carbons (Fsp3) is 0.125. The van der Waals surface area contributed by atoms with Crippen LogP contribution in [0.4, 0.5) is 5.13 Å². The second-order valence-electron chi connectivity index (χ2n) is 2.69. The van der Waals surface area contributed by atoms with Gasteiger partial charge in [-0.05, 0) is 12.1 Å². The van der Waals surface area contributed by atoms with Gasteiger partial charge in [0.15, 0.2) is 5.76 Å². The minimum absolute atomic E-state index is 0.271. The van der Waals surface area contributed by atoms with Gasteiger partial charge in [-0.3, -0.25) is 4.79 Å². The molecule has 2 aromatic rings. The van der Waals surface area contributed by atoms with E-state index in [0.29, 0.717) is 16.7 Å². The van der Waals surface area contributed by atoms with Crippen molar-refractivity contribution in [1.82, 2.24) is 15.5 Å². The van der Waals surface area contributed by atoms with Gasteiger partial charge >= 0.3 is 0 Å². The molecule has 0 spiro atoms. The van der Waals surface area contributed by atoms with Gasteiger partial charge in [-0.15, -0.1) is 10.2 Å². The monoisotopic (exact) mass is 224 g/mol. The van der Waals surface area contributed by atoms with Crippen LogP contribution in [-0.4, -0.2) is 16.1 Å². The number of hydrogen-bond acceptors (Lipinski definition) is 6. The third-order valence-electron chi connectivity index (χ3n) is 1.63. The molecular weight excluding hydrogens is 216 g/mol. The van der Waals surface area contributed by atoms with Gasteiger partial charge in [0, 0.05) is 0 Å². The number of hydrogen-bond donors (Lipinski definition) is 2. The molecule has 7 heteroatoms. The zero-order chi connectivity index (χ0) is 10.7. The molecule has 0 atom stereocenters. The van der Waals surface area contributed by atoms with Crippen LogP contribution in [0.3, 0.4) is 0 Å². The van der Waals surface area contributed by atoms with Crippen LogP contribution >= 0.6 is 11.3 Å². The zero-order valence-electron chi connectivity index (χ0n) is 7.64. The average molecular weight is 224 g/mol. The Morgan fingerprint density at radius 1 is 1.60 bits per heavy atom. The number of carbonyl (C=O) groups excluding carboxylic acids is 1. The Morgan fingerprint density at radius 2 is 2.47 bits per heavy atom. The van der Waals surface area contributed by atoms with Crippen molar-refractivity contribution in [3.8, 4) is 0 Å². The lowest BCUT2D eigenvalue weighted by atomic mass is 10.4. The first-order valence-electron chi connectivity index (χ1n) is 4.15. The molecule has 0 bridgehead atoms. The second-order valence-corrected chi connectivity index (χ2v) is 3.79. The number of furan rings is 1. The summed E-state index contributed by atoms with van der Waals surface area (Å²) in [4.78, 5) is 11.4. The number of nitrogens with zero attached hydrogens (tertiary/aromatic N) is 2. The summed E-state index contributed by atoms with van der Waals surface area (Å²) in [6, 6.07) is 3.24. The van der Waals surface area contributed by atoms with Gasteiger partial charge in [-0.1, -0.05) is 11.3 Å². The number of carbonyl (C=O) groups is 1. The van der Waals surface area contributed by atoms with E-state index < -0.39 is 0 Å². The highest BCUT2D eigenvalue weighted by molar-refractivity contribution is 7.15. The molecule has 2 aromatic heterocycles. The van der Waals surface area contributed by atoms with Crippen molar-refractivity contribution in [1.29, 1.82) is 0 Å². The van der Waals surface area contributed by atoms with E-state index in [1.54, 1.807) is 12.1 Å². The van der Waals surface area contributed by atoms with Crippen LogP contribution in [0.2, 0.25) is 0 Å². The van der Waals surface area contributed by atoms with Gasteiger partial charge in [0.2, 0.25) is 5.13 Å². The summed E-state index contributed by atoms with van der Waals surface area (Å²) in [5, 5.41) is 11.1. The molecule has 0 radical (unpaired) electrons. The molecule has 0 saturated heterocycles. The normalized spacial score (nSPS) is 10.1. The highest BCUT2D eigenvalue weighted by atomic mass is 32.1. The van der Waals surface area contributed by atoms with Gasteiger partial charge in [0.1, 0.15) is 5.01 Å². The lowest BCUT2D eigenvalue weighted by Crippen LogP contribution is -2.22. The van der Waals surface area contributed by atoms with Crippen LogP contribution in [0.5, 0.6) is 0 Å². The van der Waals surface area contributed by atoms with Crippen molar-refractivity contribution in [3.63, 3.8) is 0 Å². The molecule has 0 unspecified atom stereocenters. The molecule has 78 valence electrons. The van der Waals surface area contributed by atoms with E-state index >= 15 is 0 Å². The predicted octanol–water partition coefficient (Wildman–Crippen LogP) is 0.643. The SMILES string of the molecule is Nc1nnc(CNC(=O)c2ccco2)s1. The van der Waals surface area contributed by atoms with Crippen molar-refractivity contribution in [2.75, 3.05) is 5.73 Å². The number of rotatable bonds is 3. The number of aromatic nitrogens is 2. The largest absolute Gasteiger partial charge is 0.459 e. The predicted molar refractivity (Wildman–Crippen MR) is 54.2 cm³/mol. The van der Waals surface area contributed by atoms with Crippen molar-refractivity contribution < 1.29 is 9.21 Å². The summed E-state index contributed by atoms with van der Waals surface area (Å²) in [7, 11) is 0. The number of amides is 1. The van der Waals surface area contributed by atoms with Crippen molar-refractivity contribution >= 4 is 22.4 Å². The third kappa shape index (κ3) is 2.32. The van der Waals surface area contributed by atoms with Crippen molar-refractivity contribution in [2.45, 2.75) is 6.54 Å². The van der Waals surface area contributed by atoms with Crippen LogP contribution < -0.4 is 11.1 Å². The number of nitrogens with one attached hydrogen (secondary N) is 1. The quantitative estimate of drug-likeness (QED) is 0.798. The summed E-state index contributed by atoms with van der Waals surface area (Å²) in [5.41, 5.74) is 5.39. The fourth-order valence-electron chi connectivity index (χ4n) is 0.989. The number of anilines is 1.